The summed E-state index contributed by atoms with van der Waals surface area (Å²) in [7, 11) is 0. The number of hydrogen-bond donors (Lipinski definition) is 1. The highest BCUT2D eigenvalue weighted by Gasteiger charge is 2.46. The Kier molecular flexibility index (Phi) is 7.19. The van der Waals surface area contributed by atoms with Crippen LogP contribution in [-0.4, -0.2) is 49.4 Å². The second-order valence-electron chi connectivity index (χ2n) is 11.1. The number of hydrogen-bond acceptors (Lipinski definition) is 5. The van der Waals surface area contributed by atoms with Gasteiger partial charge in [0.05, 0.1) is 28.8 Å². The standard InChI is InChI=1S/C32H33FN4O4/c1-3-8-21-10-4-5-14-36(21)31(38)24-13-7-12-23(29(24)33)20-9-6-11-22(16-20)37-30(27(18-34-37)32(39)40)26-17-25(26)28-15-19(2)35-41-28/h6-7,9,11-13,15-16,18,21,25-26H,3-5,8,10,14,17H2,1-2H3,(H,39,40)/t21-,25-,26-/m1/s1. The van der Waals surface area contributed by atoms with E-state index in [0.717, 1.165) is 43.6 Å². The molecule has 6 rings (SSSR count). The van der Waals surface area contributed by atoms with Crippen LogP contribution in [0.25, 0.3) is 16.8 Å². The van der Waals surface area contributed by atoms with Crippen LogP contribution in [0.1, 0.15) is 95.1 Å². The Morgan fingerprint density at radius 3 is 2.68 bits per heavy atom. The molecule has 2 aromatic heterocycles. The maximum absolute atomic E-state index is 16.0. The summed E-state index contributed by atoms with van der Waals surface area (Å²) in [5.41, 5.74) is 3.05. The van der Waals surface area contributed by atoms with E-state index < -0.39 is 11.8 Å². The van der Waals surface area contributed by atoms with Crippen LogP contribution < -0.4 is 0 Å². The van der Waals surface area contributed by atoms with Crippen molar-refractivity contribution in [1.29, 1.82) is 0 Å². The van der Waals surface area contributed by atoms with Crippen LogP contribution in [0.15, 0.2) is 59.3 Å². The molecule has 4 aromatic rings. The minimum atomic E-state index is -1.06. The lowest BCUT2D eigenvalue weighted by atomic mass is 9.96. The predicted molar refractivity (Wildman–Crippen MR) is 151 cm³/mol. The highest BCUT2D eigenvalue weighted by atomic mass is 19.1. The summed E-state index contributed by atoms with van der Waals surface area (Å²) in [5, 5.41) is 18.3. The van der Waals surface area contributed by atoms with Crippen molar-refractivity contribution in [3.63, 3.8) is 0 Å². The fourth-order valence-corrected chi connectivity index (χ4v) is 6.24. The number of carboxylic acid groups (broad SMARTS) is 1. The first-order valence-electron chi connectivity index (χ1n) is 14.3. The second kappa shape index (κ2) is 11.0. The summed E-state index contributed by atoms with van der Waals surface area (Å²) in [6, 6.07) is 14.1. The fourth-order valence-electron chi connectivity index (χ4n) is 6.24. The van der Waals surface area contributed by atoms with E-state index >= 15 is 4.39 Å². The molecule has 1 aliphatic carbocycles. The molecule has 1 saturated heterocycles. The van der Waals surface area contributed by atoms with Crippen molar-refractivity contribution in [3.05, 3.63) is 88.8 Å². The lowest BCUT2D eigenvalue weighted by Gasteiger charge is -2.36. The van der Waals surface area contributed by atoms with E-state index in [0.29, 0.717) is 35.5 Å². The van der Waals surface area contributed by atoms with E-state index in [2.05, 4.69) is 17.2 Å². The maximum Gasteiger partial charge on any atom is 0.339 e. The molecule has 1 saturated carbocycles. The number of piperidine rings is 1. The van der Waals surface area contributed by atoms with Crippen molar-refractivity contribution in [3.8, 4) is 16.8 Å². The third-order valence-corrected chi connectivity index (χ3v) is 8.33. The van der Waals surface area contributed by atoms with E-state index in [-0.39, 0.29) is 34.9 Å². The van der Waals surface area contributed by atoms with Gasteiger partial charge in [0.2, 0.25) is 0 Å². The highest BCUT2D eigenvalue weighted by Crippen LogP contribution is 2.55. The molecule has 41 heavy (non-hydrogen) atoms. The van der Waals surface area contributed by atoms with Gasteiger partial charge >= 0.3 is 5.97 Å². The first-order valence-corrected chi connectivity index (χ1v) is 14.3. The van der Waals surface area contributed by atoms with Crippen LogP contribution in [0.5, 0.6) is 0 Å². The number of rotatable bonds is 8. The van der Waals surface area contributed by atoms with Crippen LogP contribution in [0.3, 0.4) is 0 Å². The monoisotopic (exact) mass is 556 g/mol. The minimum absolute atomic E-state index is 0.0133. The molecule has 212 valence electrons. The third kappa shape index (κ3) is 5.05. The van der Waals surface area contributed by atoms with Gasteiger partial charge in [0.1, 0.15) is 17.1 Å². The second-order valence-corrected chi connectivity index (χ2v) is 11.1. The van der Waals surface area contributed by atoms with Crippen LogP contribution in [-0.2, 0) is 0 Å². The molecule has 0 unspecified atom stereocenters. The minimum Gasteiger partial charge on any atom is -0.478 e. The first kappa shape index (κ1) is 26.9. The van der Waals surface area contributed by atoms with Gasteiger partial charge in [-0.25, -0.2) is 13.9 Å². The topological polar surface area (TPSA) is 101 Å². The number of benzene rings is 2. The number of nitrogens with zero attached hydrogens (tertiary/aromatic N) is 4. The van der Waals surface area contributed by atoms with Crippen molar-refractivity contribution in [2.45, 2.75) is 70.3 Å². The van der Waals surface area contributed by atoms with Crippen LogP contribution in [0.4, 0.5) is 4.39 Å². The van der Waals surface area contributed by atoms with Crippen molar-refractivity contribution in [1.82, 2.24) is 19.8 Å². The molecule has 0 radical (unpaired) electrons. The number of halogens is 1. The van der Waals surface area contributed by atoms with Crippen LogP contribution in [0.2, 0.25) is 0 Å². The molecule has 9 heteroatoms. The Labute approximate surface area is 237 Å². The van der Waals surface area contributed by atoms with Gasteiger partial charge in [-0.3, -0.25) is 4.79 Å². The Morgan fingerprint density at radius 1 is 1.10 bits per heavy atom. The number of carbonyl (C=O) groups is 2. The molecule has 2 aromatic carbocycles. The SMILES string of the molecule is CCC[C@@H]1CCCCN1C(=O)c1cccc(-c2cccc(-n3ncc(C(=O)O)c3[C@@H]3C[C@H]3c3cc(C)no3)c2)c1F. The molecule has 3 atom stereocenters. The molecular formula is C32H33FN4O4. The van der Waals surface area contributed by atoms with E-state index in [1.165, 1.54) is 6.20 Å². The number of amides is 1. The average molecular weight is 557 g/mol. The number of aryl methyl sites for hydroxylation is 1. The fraction of sp³-hybridized carbons (Fsp3) is 0.375. The zero-order chi connectivity index (χ0) is 28.7. The Balaban J connectivity index is 1.34. The first-order chi connectivity index (χ1) is 19.9. The van der Waals surface area contributed by atoms with Crippen molar-refractivity contribution >= 4 is 11.9 Å². The van der Waals surface area contributed by atoms with Gasteiger partial charge in [-0.05, 0) is 62.8 Å². The molecule has 0 spiro atoms. The Morgan fingerprint density at radius 2 is 1.93 bits per heavy atom. The summed E-state index contributed by atoms with van der Waals surface area (Å²) in [6.07, 6.45) is 6.93. The normalized spacial score (nSPS) is 20.3. The van der Waals surface area contributed by atoms with Gasteiger partial charge in [-0.15, -0.1) is 0 Å². The highest BCUT2D eigenvalue weighted by molar-refractivity contribution is 5.96. The molecular weight excluding hydrogens is 523 g/mol. The van der Waals surface area contributed by atoms with Crippen LogP contribution in [0, 0.1) is 12.7 Å². The van der Waals surface area contributed by atoms with Gasteiger partial charge in [0.25, 0.3) is 5.91 Å². The van der Waals surface area contributed by atoms with E-state index in [4.69, 9.17) is 4.52 Å². The summed E-state index contributed by atoms with van der Waals surface area (Å²) in [4.78, 5) is 27.5. The van der Waals surface area contributed by atoms with Gasteiger partial charge < -0.3 is 14.5 Å². The smallest absolute Gasteiger partial charge is 0.339 e. The van der Waals surface area contributed by atoms with Crippen molar-refractivity contribution in [2.24, 2.45) is 0 Å². The molecule has 0 bridgehead atoms. The van der Waals surface area contributed by atoms with Crippen molar-refractivity contribution < 1.29 is 23.6 Å². The van der Waals surface area contributed by atoms with Gasteiger partial charge in [-0.1, -0.05) is 42.8 Å². The van der Waals surface area contributed by atoms with Gasteiger partial charge in [-0.2, -0.15) is 5.10 Å². The summed E-state index contributed by atoms with van der Waals surface area (Å²) >= 11 is 0. The van der Waals surface area contributed by atoms with Gasteiger partial charge in [0.15, 0.2) is 0 Å². The molecule has 2 fully saturated rings. The average Bonchev–Trinajstić information content (AvgIpc) is 3.42. The lowest BCUT2D eigenvalue weighted by molar-refractivity contribution is 0.0595. The number of aromatic nitrogens is 3. The number of carboxylic acids is 1. The lowest BCUT2D eigenvalue weighted by Crippen LogP contribution is -2.44. The van der Waals surface area contributed by atoms with Gasteiger partial charge in [0, 0.05) is 36.1 Å². The Bertz CT molecular complexity index is 1610. The molecule has 3 heterocycles. The molecule has 2 aliphatic rings. The number of likely N-dealkylation sites (tertiary alicyclic amines) is 1. The number of carbonyl (C=O) groups excluding carboxylic acids is 1. The largest absolute Gasteiger partial charge is 0.478 e. The Hall–Kier alpha value is -4.27. The third-order valence-electron chi connectivity index (χ3n) is 8.33. The zero-order valence-corrected chi connectivity index (χ0v) is 23.2. The van der Waals surface area contributed by atoms with E-state index in [1.54, 1.807) is 41.1 Å². The molecule has 1 amide bonds. The maximum atomic E-state index is 16.0. The zero-order valence-electron chi connectivity index (χ0n) is 23.2. The van der Waals surface area contributed by atoms with E-state index in [1.807, 2.05) is 24.0 Å². The van der Waals surface area contributed by atoms with E-state index in [9.17, 15) is 14.7 Å². The predicted octanol–water partition coefficient (Wildman–Crippen LogP) is 6.74. The summed E-state index contributed by atoms with van der Waals surface area (Å²) < 4.78 is 23.1. The molecule has 8 nitrogen and oxygen atoms in total. The molecule has 1 N–H and O–H groups in total. The number of aromatic carboxylic acids is 1. The summed E-state index contributed by atoms with van der Waals surface area (Å²) in [5.74, 6) is -1.23. The molecule has 1 aliphatic heterocycles. The van der Waals surface area contributed by atoms with Crippen molar-refractivity contribution in [2.75, 3.05) is 6.54 Å². The quantitative estimate of drug-likeness (QED) is 0.258. The van der Waals surface area contributed by atoms with Crippen LogP contribution >= 0.6 is 0 Å². The summed E-state index contributed by atoms with van der Waals surface area (Å²) in [6.45, 7) is 4.60.